The summed E-state index contributed by atoms with van der Waals surface area (Å²) >= 11 is 3.23. The van der Waals surface area contributed by atoms with Gasteiger partial charge >= 0.3 is 6.03 Å². The fourth-order valence-corrected chi connectivity index (χ4v) is 7.82. The first kappa shape index (κ1) is 34.3. The number of fused-ring (bicyclic) bond motifs is 2. The topological polar surface area (TPSA) is 177 Å². The summed E-state index contributed by atoms with van der Waals surface area (Å²) in [5, 5.41) is 27.7. The number of benzene rings is 1. The molecule has 6 N–H and O–H groups in total. The Balaban J connectivity index is 0.895. The molecule has 2 saturated heterocycles. The number of anilines is 1. The number of carbonyl (C=O) groups excluding carboxylic acids is 4. The summed E-state index contributed by atoms with van der Waals surface area (Å²) in [6.45, 7) is 2.02. The second-order valence-corrected chi connectivity index (χ2v) is 13.8. The predicted molar refractivity (Wildman–Crippen MR) is 178 cm³/mol. The molecular weight excluding hydrogens is 613 g/mol. The number of rotatable bonds is 20. The third kappa shape index (κ3) is 11.7. The smallest absolute Gasteiger partial charge is 0.315 e. The number of thiazole rings is 1. The van der Waals surface area contributed by atoms with Crippen molar-refractivity contribution >= 4 is 62.8 Å². The van der Waals surface area contributed by atoms with Crippen LogP contribution in [0.15, 0.2) is 18.2 Å². The molecule has 0 saturated carbocycles. The van der Waals surface area contributed by atoms with Gasteiger partial charge in [-0.25, -0.2) is 9.78 Å². The highest BCUT2D eigenvalue weighted by atomic mass is 32.2. The molecule has 1 aromatic carbocycles. The Morgan fingerprint density at radius 3 is 2.27 bits per heavy atom. The Labute approximate surface area is 272 Å². The summed E-state index contributed by atoms with van der Waals surface area (Å²) in [5.74, 6) is 1.01. The van der Waals surface area contributed by atoms with Gasteiger partial charge in [-0.15, -0.1) is 11.3 Å². The maximum Gasteiger partial charge on any atom is 0.315 e. The van der Waals surface area contributed by atoms with Gasteiger partial charge in [-0.1, -0.05) is 12.8 Å². The number of nitrogens with one attached hydrogen (secondary N) is 6. The molecule has 5 amide bonds. The maximum atomic E-state index is 12.1. The number of amides is 5. The quantitative estimate of drug-likeness (QED) is 0.0928. The van der Waals surface area contributed by atoms with E-state index in [9.17, 15) is 19.2 Å². The molecule has 4 rings (SSSR count). The first-order chi connectivity index (χ1) is 21.9. The van der Waals surface area contributed by atoms with E-state index in [2.05, 4.69) is 36.9 Å². The van der Waals surface area contributed by atoms with Crippen molar-refractivity contribution in [1.82, 2.24) is 31.6 Å². The van der Waals surface area contributed by atoms with E-state index in [-0.39, 0.29) is 42.4 Å². The summed E-state index contributed by atoms with van der Waals surface area (Å²) in [6, 6.07) is 8.02. The normalized spacial score (nSPS) is 18.5. The zero-order valence-electron chi connectivity index (χ0n) is 25.6. The minimum atomic E-state index is -0.0861. The van der Waals surface area contributed by atoms with Crippen molar-refractivity contribution in [1.29, 1.82) is 5.26 Å². The van der Waals surface area contributed by atoms with Crippen molar-refractivity contribution in [2.24, 2.45) is 0 Å². The van der Waals surface area contributed by atoms with Crippen LogP contribution in [0.3, 0.4) is 0 Å². The minimum absolute atomic E-state index is 0.0541. The highest BCUT2D eigenvalue weighted by molar-refractivity contribution is 8.00. The van der Waals surface area contributed by atoms with Crippen LogP contribution in [0.5, 0.6) is 0 Å². The number of unbranched alkanes of at least 4 members (excludes halogenated alkanes) is 5. The summed E-state index contributed by atoms with van der Waals surface area (Å²) in [4.78, 5) is 52.0. The lowest BCUT2D eigenvalue weighted by atomic mass is 10.0. The molecule has 2 aliphatic rings. The van der Waals surface area contributed by atoms with E-state index >= 15 is 0 Å². The number of nitrogens with zero attached hydrogens (tertiary/aromatic N) is 2. The first-order valence-corrected chi connectivity index (χ1v) is 17.8. The van der Waals surface area contributed by atoms with E-state index in [1.807, 2.05) is 36.0 Å². The van der Waals surface area contributed by atoms with E-state index in [0.717, 1.165) is 79.4 Å². The van der Waals surface area contributed by atoms with Gasteiger partial charge in [-0.2, -0.15) is 17.0 Å². The molecule has 3 atom stereocenters. The standard InChI is InChI=1S/C31H44N8O4S2/c32-18-29-37-22-13-12-21(17-25(22)45-29)36-19-28(42)35-16-8-2-7-15-34-26(40)10-3-1-6-14-33-27(41)11-5-4-9-24-30-23(20-44-24)38-31(43)39-30/h12-13,17,23-24,30,36H,1-11,14-16,19-20H2,(H,33,41)(H,34,40)(H,35,42)(H2,38,39,43)/t23?,24-,30?/m0/s1. The summed E-state index contributed by atoms with van der Waals surface area (Å²) < 4.78 is 0.904. The number of carbonyl (C=O) groups is 4. The van der Waals surface area contributed by atoms with Gasteiger partial charge in [-0.05, 0) is 63.1 Å². The van der Waals surface area contributed by atoms with Crippen LogP contribution in [0.2, 0.25) is 0 Å². The lowest BCUT2D eigenvalue weighted by Crippen LogP contribution is -2.36. The highest BCUT2D eigenvalue weighted by Gasteiger charge is 2.42. The zero-order chi connectivity index (χ0) is 31.9. The SMILES string of the molecule is N#Cc1nc2ccc(NCC(=O)NCCCCCNC(=O)CCCCCNC(=O)CCCC[C@@H]3SCC4NC(=O)NC43)cc2s1. The molecule has 2 aromatic rings. The van der Waals surface area contributed by atoms with E-state index < -0.39 is 0 Å². The van der Waals surface area contributed by atoms with Crippen LogP contribution in [-0.2, 0) is 14.4 Å². The first-order valence-electron chi connectivity index (χ1n) is 15.9. The Kier molecular flexibility index (Phi) is 14.0. The molecule has 2 unspecified atom stereocenters. The monoisotopic (exact) mass is 656 g/mol. The number of aromatic nitrogens is 1. The van der Waals surface area contributed by atoms with Gasteiger partial charge in [0.2, 0.25) is 17.7 Å². The summed E-state index contributed by atoms with van der Waals surface area (Å²) in [5.41, 5.74) is 1.58. The Bertz CT molecular complexity index is 1350. The fraction of sp³-hybridized carbons (Fsp3) is 0.613. The maximum absolute atomic E-state index is 12.1. The zero-order valence-corrected chi connectivity index (χ0v) is 27.3. The van der Waals surface area contributed by atoms with Crippen LogP contribution in [0.25, 0.3) is 10.2 Å². The number of urea groups is 1. The van der Waals surface area contributed by atoms with Crippen molar-refractivity contribution in [3.8, 4) is 6.07 Å². The van der Waals surface area contributed by atoms with Crippen LogP contribution in [0.4, 0.5) is 10.5 Å². The largest absolute Gasteiger partial charge is 0.376 e. The van der Waals surface area contributed by atoms with Gasteiger partial charge in [0, 0.05) is 49.2 Å². The van der Waals surface area contributed by atoms with Crippen LogP contribution in [0, 0.1) is 11.3 Å². The van der Waals surface area contributed by atoms with E-state index in [1.165, 1.54) is 11.3 Å². The molecule has 0 aliphatic carbocycles. The molecular formula is C31H44N8O4S2. The second-order valence-electron chi connectivity index (χ2n) is 11.5. The summed E-state index contributed by atoms with van der Waals surface area (Å²) in [7, 11) is 0. The highest BCUT2D eigenvalue weighted by Crippen LogP contribution is 2.33. The lowest BCUT2D eigenvalue weighted by molar-refractivity contribution is -0.122. The molecule has 2 fully saturated rings. The average molecular weight is 657 g/mol. The third-order valence-corrected chi connectivity index (χ3v) is 10.3. The molecule has 3 heterocycles. The van der Waals surface area contributed by atoms with Gasteiger partial charge in [0.15, 0.2) is 5.01 Å². The van der Waals surface area contributed by atoms with E-state index in [4.69, 9.17) is 5.26 Å². The lowest BCUT2D eigenvalue weighted by Gasteiger charge is -2.16. The minimum Gasteiger partial charge on any atom is -0.376 e. The third-order valence-electron chi connectivity index (χ3n) is 7.92. The fourth-order valence-electron chi connectivity index (χ4n) is 5.48. The Morgan fingerprint density at radius 2 is 1.56 bits per heavy atom. The van der Waals surface area contributed by atoms with Gasteiger partial charge in [0.1, 0.15) is 6.07 Å². The molecule has 244 valence electrons. The van der Waals surface area contributed by atoms with Gasteiger partial charge in [0.25, 0.3) is 0 Å². The molecule has 0 radical (unpaired) electrons. The van der Waals surface area contributed by atoms with Crippen molar-refractivity contribution in [3.05, 3.63) is 23.2 Å². The molecule has 14 heteroatoms. The van der Waals surface area contributed by atoms with Crippen LogP contribution in [-0.4, -0.2) is 78.0 Å². The molecule has 1 aromatic heterocycles. The van der Waals surface area contributed by atoms with Crippen LogP contribution in [0.1, 0.15) is 75.6 Å². The number of hydrogen-bond donors (Lipinski definition) is 6. The van der Waals surface area contributed by atoms with Gasteiger partial charge in [0.05, 0.1) is 28.8 Å². The van der Waals surface area contributed by atoms with Gasteiger partial charge in [-0.3, -0.25) is 14.4 Å². The van der Waals surface area contributed by atoms with E-state index in [0.29, 0.717) is 42.7 Å². The van der Waals surface area contributed by atoms with Crippen LogP contribution >= 0.6 is 23.1 Å². The molecule has 45 heavy (non-hydrogen) atoms. The number of hydrogen-bond acceptors (Lipinski definition) is 9. The second kappa shape index (κ2) is 18.4. The number of nitriles is 1. The van der Waals surface area contributed by atoms with Crippen LogP contribution < -0.4 is 31.9 Å². The van der Waals surface area contributed by atoms with Crippen molar-refractivity contribution in [2.45, 2.75) is 88.0 Å². The Morgan fingerprint density at radius 1 is 0.889 bits per heavy atom. The summed E-state index contributed by atoms with van der Waals surface area (Å²) in [6.07, 6.45) is 9.03. The predicted octanol–water partition coefficient (Wildman–Crippen LogP) is 3.38. The van der Waals surface area contributed by atoms with Crippen molar-refractivity contribution in [2.75, 3.05) is 37.2 Å². The van der Waals surface area contributed by atoms with E-state index in [1.54, 1.807) is 0 Å². The number of thioether (sulfide) groups is 1. The molecule has 2 aliphatic heterocycles. The molecule has 12 nitrogen and oxygen atoms in total. The van der Waals surface area contributed by atoms with Crippen molar-refractivity contribution in [3.63, 3.8) is 0 Å². The van der Waals surface area contributed by atoms with Crippen molar-refractivity contribution < 1.29 is 19.2 Å². The molecule has 0 bridgehead atoms. The van der Waals surface area contributed by atoms with Gasteiger partial charge < -0.3 is 31.9 Å². The molecule has 0 spiro atoms. The average Bonchev–Trinajstić information content (AvgIpc) is 3.73. The Hall–Kier alpha value is -3.57.